The Morgan fingerprint density at radius 3 is 2.52 bits per heavy atom. The normalized spacial score (nSPS) is 10.7. The third-order valence-electron chi connectivity index (χ3n) is 3.86. The second-order valence-electron chi connectivity index (χ2n) is 5.34. The molecule has 23 heavy (non-hydrogen) atoms. The molecule has 0 aliphatic carbocycles. The van der Waals surface area contributed by atoms with Crippen molar-refractivity contribution in [2.45, 2.75) is 6.92 Å². The number of pyridine rings is 1. The highest BCUT2D eigenvalue weighted by molar-refractivity contribution is 6.31. The molecule has 4 nitrogen and oxygen atoms in total. The largest absolute Gasteiger partial charge is 0.350 e. The Morgan fingerprint density at radius 1 is 1.13 bits per heavy atom. The molecule has 116 valence electrons. The van der Waals surface area contributed by atoms with Gasteiger partial charge in [-0.05, 0) is 37.3 Å². The van der Waals surface area contributed by atoms with Crippen LogP contribution in [0.3, 0.4) is 0 Å². The van der Waals surface area contributed by atoms with Crippen molar-refractivity contribution in [2.75, 3.05) is 11.9 Å². The number of hydrogen-bond acceptors (Lipinski definition) is 2. The van der Waals surface area contributed by atoms with E-state index in [-0.39, 0.29) is 17.0 Å². The van der Waals surface area contributed by atoms with Crippen LogP contribution < -0.4 is 10.3 Å². The summed E-state index contributed by atoms with van der Waals surface area (Å²) in [5.41, 5.74) is 1.83. The van der Waals surface area contributed by atoms with Crippen molar-refractivity contribution in [3.8, 4) is 0 Å². The van der Waals surface area contributed by atoms with Crippen LogP contribution in [0.5, 0.6) is 0 Å². The molecule has 1 N–H and O–H groups in total. The predicted molar refractivity (Wildman–Crippen MR) is 93.5 cm³/mol. The zero-order valence-electron chi connectivity index (χ0n) is 12.8. The summed E-state index contributed by atoms with van der Waals surface area (Å²) in [5.74, 6) is -0.261. The SMILES string of the molecule is Cc1c(C(=O)N(C)c2ccccc2)[nH]c2ccc(Cl)cc2c1=O. The number of amides is 1. The fraction of sp³-hybridized carbons (Fsp3) is 0.111. The van der Waals surface area contributed by atoms with Gasteiger partial charge in [-0.3, -0.25) is 9.59 Å². The van der Waals surface area contributed by atoms with E-state index in [2.05, 4.69) is 4.98 Å². The Hall–Kier alpha value is -2.59. The maximum atomic E-state index is 12.8. The van der Waals surface area contributed by atoms with Crippen LogP contribution in [-0.4, -0.2) is 17.9 Å². The number of H-pyrrole nitrogens is 1. The summed E-state index contributed by atoms with van der Waals surface area (Å²) in [6.07, 6.45) is 0. The minimum Gasteiger partial charge on any atom is -0.350 e. The molecule has 5 heteroatoms. The lowest BCUT2D eigenvalue weighted by molar-refractivity contribution is 0.0988. The highest BCUT2D eigenvalue weighted by Crippen LogP contribution is 2.19. The highest BCUT2D eigenvalue weighted by atomic mass is 35.5. The van der Waals surface area contributed by atoms with Gasteiger partial charge in [0, 0.05) is 34.2 Å². The second-order valence-corrected chi connectivity index (χ2v) is 5.78. The first-order valence-corrected chi connectivity index (χ1v) is 7.52. The van der Waals surface area contributed by atoms with Gasteiger partial charge in [-0.1, -0.05) is 29.8 Å². The molecular weight excluding hydrogens is 312 g/mol. The van der Waals surface area contributed by atoms with Crippen LogP contribution in [0.15, 0.2) is 53.3 Å². The molecule has 0 unspecified atom stereocenters. The maximum Gasteiger partial charge on any atom is 0.274 e. The summed E-state index contributed by atoms with van der Waals surface area (Å²) in [7, 11) is 1.68. The molecule has 0 saturated carbocycles. The number of anilines is 1. The van der Waals surface area contributed by atoms with Gasteiger partial charge in [0.15, 0.2) is 5.43 Å². The van der Waals surface area contributed by atoms with Gasteiger partial charge in [0.25, 0.3) is 5.91 Å². The van der Waals surface area contributed by atoms with E-state index in [0.717, 1.165) is 5.69 Å². The number of nitrogens with one attached hydrogen (secondary N) is 1. The number of aromatic nitrogens is 1. The first-order chi connectivity index (χ1) is 11.0. The molecule has 0 bridgehead atoms. The molecule has 3 aromatic rings. The van der Waals surface area contributed by atoms with Crippen molar-refractivity contribution in [3.05, 3.63) is 75.0 Å². The van der Waals surface area contributed by atoms with Gasteiger partial charge < -0.3 is 9.88 Å². The van der Waals surface area contributed by atoms with Gasteiger partial charge in [-0.15, -0.1) is 0 Å². The molecule has 0 saturated heterocycles. The number of hydrogen-bond donors (Lipinski definition) is 1. The third-order valence-corrected chi connectivity index (χ3v) is 4.10. The lowest BCUT2D eigenvalue weighted by Gasteiger charge is -2.18. The van der Waals surface area contributed by atoms with Crippen molar-refractivity contribution in [3.63, 3.8) is 0 Å². The monoisotopic (exact) mass is 326 g/mol. The smallest absolute Gasteiger partial charge is 0.274 e. The highest BCUT2D eigenvalue weighted by Gasteiger charge is 2.19. The number of para-hydroxylation sites is 1. The van der Waals surface area contributed by atoms with E-state index < -0.39 is 0 Å². The van der Waals surface area contributed by atoms with Crippen molar-refractivity contribution in [1.29, 1.82) is 0 Å². The topological polar surface area (TPSA) is 53.2 Å². The first-order valence-electron chi connectivity index (χ1n) is 7.14. The Kier molecular flexibility index (Phi) is 3.92. The van der Waals surface area contributed by atoms with Crippen LogP contribution in [0.4, 0.5) is 5.69 Å². The molecular formula is C18H15ClN2O2. The van der Waals surface area contributed by atoms with Gasteiger partial charge in [-0.2, -0.15) is 0 Å². The molecule has 1 heterocycles. The van der Waals surface area contributed by atoms with Gasteiger partial charge >= 0.3 is 0 Å². The Bertz CT molecular complexity index is 948. The van der Waals surface area contributed by atoms with Crippen LogP contribution >= 0.6 is 11.6 Å². The summed E-state index contributed by atoms with van der Waals surface area (Å²) < 4.78 is 0. The molecule has 0 radical (unpaired) electrons. The standard InChI is InChI=1S/C18H15ClN2O2/c1-11-16(18(23)21(2)13-6-4-3-5-7-13)20-15-9-8-12(19)10-14(15)17(11)22/h3-10H,1-2H3,(H,20,22). The van der Waals surface area contributed by atoms with Gasteiger partial charge in [-0.25, -0.2) is 0 Å². The number of rotatable bonds is 2. The van der Waals surface area contributed by atoms with Crippen LogP contribution in [0.2, 0.25) is 5.02 Å². The number of benzene rings is 2. The number of nitrogens with zero attached hydrogens (tertiary/aromatic N) is 1. The quantitative estimate of drug-likeness (QED) is 0.779. The molecule has 2 aromatic carbocycles. The fourth-order valence-corrected chi connectivity index (χ4v) is 2.68. The van der Waals surface area contributed by atoms with Crippen LogP contribution in [0.25, 0.3) is 10.9 Å². The Morgan fingerprint density at radius 2 is 1.83 bits per heavy atom. The average molecular weight is 327 g/mol. The molecule has 0 atom stereocenters. The predicted octanol–water partition coefficient (Wildman–Crippen LogP) is 3.77. The first kappa shape index (κ1) is 15.3. The Labute approximate surface area is 138 Å². The van der Waals surface area contributed by atoms with Crippen LogP contribution in [0.1, 0.15) is 16.1 Å². The Balaban J connectivity index is 2.13. The number of carbonyl (C=O) groups excluding carboxylic acids is 1. The number of carbonyl (C=O) groups is 1. The third kappa shape index (κ3) is 2.73. The zero-order chi connectivity index (χ0) is 16.6. The van der Waals surface area contributed by atoms with Gasteiger partial charge in [0.05, 0.1) is 0 Å². The van der Waals surface area contributed by atoms with E-state index in [4.69, 9.17) is 11.6 Å². The molecule has 0 aliphatic rings. The lowest BCUT2D eigenvalue weighted by Crippen LogP contribution is -2.29. The van der Waals surface area contributed by atoms with E-state index in [1.165, 1.54) is 4.90 Å². The van der Waals surface area contributed by atoms with Crippen molar-refractivity contribution in [1.82, 2.24) is 4.98 Å². The van der Waals surface area contributed by atoms with E-state index in [1.807, 2.05) is 30.3 Å². The number of fused-ring (bicyclic) bond motifs is 1. The summed E-state index contributed by atoms with van der Waals surface area (Å²) in [6, 6.07) is 14.3. The van der Waals surface area contributed by atoms with Gasteiger partial charge in [0.1, 0.15) is 5.69 Å². The maximum absolute atomic E-state index is 12.8. The molecule has 1 aromatic heterocycles. The lowest BCUT2D eigenvalue weighted by atomic mass is 10.1. The minimum absolute atomic E-state index is 0.189. The summed E-state index contributed by atoms with van der Waals surface area (Å²) in [5, 5.41) is 0.969. The molecule has 0 spiro atoms. The second kappa shape index (κ2) is 5.89. The van der Waals surface area contributed by atoms with Crippen molar-refractivity contribution >= 4 is 34.1 Å². The van der Waals surface area contributed by atoms with E-state index in [9.17, 15) is 9.59 Å². The van der Waals surface area contributed by atoms with E-state index in [1.54, 1.807) is 32.2 Å². The summed E-state index contributed by atoms with van der Waals surface area (Å²) >= 11 is 5.95. The molecule has 3 rings (SSSR count). The average Bonchev–Trinajstić information content (AvgIpc) is 2.58. The molecule has 0 aliphatic heterocycles. The van der Waals surface area contributed by atoms with Crippen molar-refractivity contribution in [2.24, 2.45) is 0 Å². The zero-order valence-corrected chi connectivity index (χ0v) is 13.5. The van der Waals surface area contributed by atoms with Crippen molar-refractivity contribution < 1.29 is 4.79 Å². The summed E-state index contributed by atoms with van der Waals surface area (Å²) in [4.78, 5) is 29.9. The fourth-order valence-electron chi connectivity index (χ4n) is 2.51. The van der Waals surface area contributed by atoms with Gasteiger partial charge in [0.2, 0.25) is 0 Å². The molecule has 1 amide bonds. The van der Waals surface area contributed by atoms with E-state index >= 15 is 0 Å². The number of aromatic amines is 1. The van der Waals surface area contributed by atoms with Crippen LogP contribution in [0, 0.1) is 6.92 Å². The van der Waals surface area contributed by atoms with E-state index in [0.29, 0.717) is 21.5 Å². The number of halogens is 1. The minimum atomic E-state index is -0.261. The van der Waals surface area contributed by atoms with Crippen LogP contribution in [-0.2, 0) is 0 Å². The molecule has 0 fully saturated rings. The summed E-state index contributed by atoms with van der Waals surface area (Å²) in [6.45, 7) is 1.64.